The average Bonchev–Trinajstić information content (AvgIpc) is 2.19. The van der Waals surface area contributed by atoms with Crippen molar-refractivity contribution < 1.29 is 24.2 Å². The molecule has 0 spiro atoms. The van der Waals surface area contributed by atoms with Gasteiger partial charge in [0.05, 0.1) is 12.1 Å². The molecule has 0 atom stereocenters. The van der Waals surface area contributed by atoms with E-state index in [1.165, 1.54) is 18.2 Å². The normalized spacial score (nSPS) is 11.2. The van der Waals surface area contributed by atoms with E-state index in [0.29, 0.717) is 0 Å². The molecule has 5 nitrogen and oxygen atoms in total. The summed E-state index contributed by atoms with van der Waals surface area (Å²) in [6.45, 7) is 0. The maximum atomic E-state index is 13.1. The molecule has 0 saturated carbocycles. The summed E-state index contributed by atoms with van der Waals surface area (Å²) in [5.74, 6) is -3.52. The lowest BCUT2D eigenvalue weighted by atomic mass is 10.2. The Balaban J connectivity index is 3.07. The van der Waals surface area contributed by atoms with Crippen molar-refractivity contribution in [3.8, 4) is 0 Å². The van der Waals surface area contributed by atoms with E-state index >= 15 is 0 Å². The quantitative estimate of drug-likeness (QED) is 0.759. The van der Waals surface area contributed by atoms with Crippen molar-refractivity contribution in [1.29, 1.82) is 0 Å². The van der Waals surface area contributed by atoms with E-state index in [0.717, 1.165) is 6.07 Å². The second kappa shape index (κ2) is 5.01. The molecule has 0 heterocycles. The Labute approximate surface area is 89.9 Å². The van der Waals surface area contributed by atoms with E-state index in [2.05, 4.69) is 4.99 Å². The van der Waals surface area contributed by atoms with Crippen LogP contribution in [0.5, 0.6) is 0 Å². The zero-order valence-corrected chi connectivity index (χ0v) is 8.05. The number of carboxylic acid groups (broad SMARTS) is 2. The predicted molar refractivity (Wildman–Crippen MR) is 53.4 cm³/mol. The summed E-state index contributed by atoms with van der Waals surface area (Å²) in [6, 6.07) is 5.27. The van der Waals surface area contributed by atoms with Gasteiger partial charge in [-0.1, -0.05) is 12.1 Å². The van der Waals surface area contributed by atoms with Crippen molar-refractivity contribution >= 4 is 23.3 Å². The Morgan fingerprint density at radius 3 is 2.38 bits per heavy atom. The van der Waals surface area contributed by atoms with Gasteiger partial charge >= 0.3 is 11.9 Å². The largest absolute Gasteiger partial charge is 0.481 e. The van der Waals surface area contributed by atoms with E-state index in [4.69, 9.17) is 10.2 Å². The molecule has 0 aromatic heterocycles. The highest BCUT2D eigenvalue weighted by atomic mass is 19.1. The number of rotatable bonds is 4. The fraction of sp³-hybridized carbons (Fsp3) is 0.100. The van der Waals surface area contributed by atoms with Gasteiger partial charge in [-0.15, -0.1) is 0 Å². The minimum atomic E-state index is -1.48. The van der Waals surface area contributed by atoms with Crippen LogP contribution in [0.2, 0.25) is 0 Å². The van der Waals surface area contributed by atoms with Gasteiger partial charge in [-0.2, -0.15) is 0 Å². The van der Waals surface area contributed by atoms with Gasteiger partial charge in [0.25, 0.3) is 0 Å². The molecule has 0 unspecified atom stereocenters. The summed E-state index contributed by atoms with van der Waals surface area (Å²) in [7, 11) is 0. The van der Waals surface area contributed by atoms with E-state index < -0.39 is 29.9 Å². The zero-order valence-electron chi connectivity index (χ0n) is 8.05. The summed E-state index contributed by atoms with van der Waals surface area (Å²) in [5, 5.41) is 17.1. The van der Waals surface area contributed by atoms with Crippen LogP contribution in [-0.2, 0) is 9.59 Å². The molecule has 84 valence electrons. The molecule has 0 amide bonds. The van der Waals surface area contributed by atoms with E-state index in [9.17, 15) is 14.0 Å². The second-order valence-corrected chi connectivity index (χ2v) is 2.89. The average molecular weight is 225 g/mol. The van der Waals surface area contributed by atoms with Gasteiger partial charge in [0.2, 0.25) is 0 Å². The van der Waals surface area contributed by atoms with Crippen molar-refractivity contribution in [2.75, 3.05) is 0 Å². The van der Waals surface area contributed by atoms with Gasteiger partial charge in [0.1, 0.15) is 11.5 Å². The fourth-order valence-corrected chi connectivity index (χ4v) is 0.994. The highest BCUT2D eigenvalue weighted by Gasteiger charge is 2.14. The summed E-state index contributed by atoms with van der Waals surface area (Å²) in [6.07, 6.45) is -0.760. The highest BCUT2D eigenvalue weighted by molar-refractivity contribution is 6.39. The highest BCUT2D eigenvalue weighted by Crippen LogP contribution is 2.17. The minimum absolute atomic E-state index is 0.193. The zero-order chi connectivity index (χ0) is 12.1. The Kier molecular flexibility index (Phi) is 3.71. The summed E-state index contributed by atoms with van der Waals surface area (Å²) in [5.41, 5.74) is -0.807. The SMILES string of the molecule is O=C(O)CC(=Nc1ccccc1F)C(=O)O. The Bertz CT molecular complexity index is 456. The fourth-order valence-electron chi connectivity index (χ4n) is 0.994. The Hall–Kier alpha value is -2.24. The van der Waals surface area contributed by atoms with Gasteiger partial charge in [-0.3, -0.25) is 4.79 Å². The standard InChI is InChI=1S/C10H8FNO4/c11-6-3-1-2-4-7(6)12-8(10(15)16)5-9(13)14/h1-4H,5H2,(H,13,14)(H,15,16). The molecule has 0 bridgehead atoms. The van der Waals surface area contributed by atoms with Crippen LogP contribution in [0.3, 0.4) is 0 Å². The molecule has 0 saturated heterocycles. The topological polar surface area (TPSA) is 87.0 Å². The Morgan fingerprint density at radius 1 is 1.25 bits per heavy atom. The number of para-hydroxylation sites is 1. The molecular formula is C10H8FNO4. The number of carbonyl (C=O) groups is 2. The number of hydrogen-bond acceptors (Lipinski definition) is 3. The molecule has 2 N–H and O–H groups in total. The molecular weight excluding hydrogens is 217 g/mol. The van der Waals surface area contributed by atoms with Crippen molar-refractivity contribution in [3.63, 3.8) is 0 Å². The lowest BCUT2D eigenvalue weighted by Gasteiger charge is -1.99. The first-order valence-corrected chi connectivity index (χ1v) is 4.28. The van der Waals surface area contributed by atoms with Crippen LogP contribution in [-0.4, -0.2) is 27.9 Å². The van der Waals surface area contributed by atoms with Crippen molar-refractivity contribution in [3.05, 3.63) is 30.1 Å². The molecule has 16 heavy (non-hydrogen) atoms. The molecule has 1 rings (SSSR count). The van der Waals surface area contributed by atoms with Gasteiger partial charge in [0.15, 0.2) is 0 Å². The minimum Gasteiger partial charge on any atom is -0.481 e. The summed E-state index contributed by atoms with van der Waals surface area (Å²) in [4.78, 5) is 24.4. The molecule has 0 aliphatic rings. The molecule has 0 fully saturated rings. The van der Waals surface area contributed by atoms with E-state index in [1.54, 1.807) is 0 Å². The summed E-state index contributed by atoms with van der Waals surface area (Å²) >= 11 is 0. The number of benzene rings is 1. The second-order valence-electron chi connectivity index (χ2n) is 2.89. The molecule has 6 heteroatoms. The van der Waals surface area contributed by atoms with Crippen LogP contribution in [0, 0.1) is 5.82 Å². The number of halogens is 1. The van der Waals surface area contributed by atoms with Gasteiger partial charge in [-0.05, 0) is 12.1 Å². The molecule has 1 aromatic carbocycles. The lowest BCUT2D eigenvalue weighted by molar-refractivity contribution is -0.137. The first-order valence-electron chi connectivity index (χ1n) is 4.28. The number of hydrogen-bond donors (Lipinski definition) is 2. The van der Waals surface area contributed by atoms with Gasteiger partial charge in [0, 0.05) is 0 Å². The van der Waals surface area contributed by atoms with Crippen molar-refractivity contribution in [2.24, 2.45) is 4.99 Å². The van der Waals surface area contributed by atoms with Crippen LogP contribution in [0.25, 0.3) is 0 Å². The maximum Gasteiger partial charge on any atom is 0.350 e. The number of aliphatic imine (C=N–C) groups is 1. The smallest absolute Gasteiger partial charge is 0.350 e. The van der Waals surface area contributed by atoms with Crippen LogP contribution in [0.15, 0.2) is 29.3 Å². The van der Waals surface area contributed by atoms with E-state index in [1.807, 2.05) is 0 Å². The monoisotopic (exact) mass is 225 g/mol. The lowest BCUT2D eigenvalue weighted by Crippen LogP contribution is -2.17. The Morgan fingerprint density at radius 2 is 1.88 bits per heavy atom. The first-order chi connectivity index (χ1) is 7.50. The third-order valence-electron chi connectivity index (χ3n) is 1.67. The van der Waals surface area contributed by atoms with Crippen LogP contribution in [0.1, 0.15) is 6.42 Å². The van der Waals surface area contributed by atoms with Gasteiger partial charge in [-0.25, -0.2) is 14.2 Å². The van der Waals surface area contributed by atoms with Crippen LogP contribution < -0.4 is 0 Å². The molecule has 0 aliphatic heterocycles. The number of aliphatic carboxylic acids is 2. The summed E-state index contributed by atoms with van der Waals surface area (Å²) < 4.78 is 13.1. The first kappa shape index (κ1) is 11.8. The number of nitrogens with zero attached hydrogens (tertiary/aromatic N) is 1. The number of carboxylic acids is 2. The van der Waals surface area contributed by atoms with Crippen molar-refractivity contribution in [2.45, 2.75) is 6.42 Å². The molecule has 0 aliphatic carbocycles. The van der Waals surface area contributed by atoms with Crippen LogP contribution >= 0.6 is 0 Å². The van der Waals surface area contributed by atoms with Gasteiger partial charge < -0.3 is 10.2 Å². The third-order valence-corrected chi connectivity index (χ3v) is 1.67. The maximum absolute atomic E-state index is 13.1. The predicted octanol–water partition coefficient (Wildman–Crippen LogP) is 1.46. The molecule has 0 radical (unpaired) electrons. The van der Waals surface area contributed by atoms with E-state index in [-0.39, 0.29) is 5.69 Å². The molecule has 1 aromatic rings. The third kappa shape index (κ3) is 3.16. The van der Waals surface area contributed by atoms with Crippen molar-refractivity contribution in [1.82, 2.24) is 0 Å². The van der Waals surface area contributed by atoms with Crippen LogP contribution in [0.4, 0.5) is 10.1 Å².